The Balaban J connectivity index is 2.02. The number of benzene rings is 2. The molecule has 1 nitrogen and oxygen atoms in total. The lowest BCUT2D eigenvalue weighted by Crippen LogP contribution is -1.98. The van der Waals surface area contributed by atoms with E-state index in [-0.39, 0.29) is 11.6 Å². The van der Waals surface area contributed by atoms with Gasteiger partial charge in [-0.05, 0) is 35.7 Å². The van der Waals surface area contributed by atoms with Crippen molar-refractivity contribution >= 4 is 5.78 Å². The predicted molar refractivity (Wildman–Crippen MR) is 68.4 cm³/mol. The highest BCUT2D eigenvalue weighted by molar-refractivity contribution is 5.97. The molecule has 0 heterocycles. The van der Waals surface area contributed by atoms with E-state index in [1.54, 1.807) is 12.1 Å². The Morgan fingerprint density at radius 1 is 1.00 bits per heavy atom. The third-order valence-electron chi connectivity index (χ3n) is 2.40. The van der Waals surface area contributed by atoms with Gasteiger partial charge in [-0.3, -0.25) is 4.79 Å². The van der Waals surface area contributed by atoms with E-state index >= 15 is 0 Å². The Morgan fingerprint density at radius 3 is 2.33 bits per heavy atom. The maximum absolute atomic E-state index is 12.7. The summed E-state index contributed by atoms with van der Waals surface area (Å²) >= 11 is 0. The van der Waals surface area contributed by atoms with Gasteiger partial charge in [0, 0.05) is 12.0 Å². The molecule has 88 valence electrons. The van der Waals surface area contributed by atoms with E-state index < -0.39 is 0 Å². The van der Waals surface area contributed by atoms with E-state index in [4.69, 9.17) is 0 Å². The summed E-state index contributed by atoms with van der Waals surface area (Å²) in [5.41, 5.74) is 1.58. The monoisotopic (exact) mass is 238 g/mol. The highest BCUT2D eigenvalue weighted by Gasteiger charge is 1.98. The maximum atomic E-state index is 12.7. The van der Waals surface area contributed by atoms with Crippen LogP contribution < -0.4 is 0 Å². The number of carbonyl (C=O) groups is 1. The molecule has 0 aromatic heterocycles. The first-order chi connectivity index (χ1) is 8.74. The van der Waals surface area contributed by atoms with Crippen molar-refractivity contribution in [2.75, 3.05) is 0 Å². The number of rotatable bonds is 2. The smallest absolute Gasteiger partial charge is 0.210 e. The van der Waals surface area contributed by atoms with E-state index in [9.17, 15) is 9.18 Å². The third-order valence-corrected chi connectivity index (χ3v) is 2.40. The van der Waals surface area contributed by atoms with Crippen molar-refractivity contribution < 1.29 is 9.18 Å². The standard InChI is InChI=1S/C16H11FO/c17-15-9-6-13(7-10-15)8-11-16(18)12-14-4-2-1-3-5-14/h1-7,9-10H,12H2. The number of hydrogen-bond acceptors (Lipinski definition) is 1. The molecule has 0 N–H and O–H groups in total. The zero-order valence-electron chi connectivity index (χ0n) is 9.69. The third kappa shape index (κ3) is 3.57. The molecule has 0 unspecified atom stereocenters. The lowest BCUT2D eigenvalue weighted by atomic mass is 10.1. The summed E-state index contributed by atoms with van der Waals surface area (Å²) in [6.45, 7) is 0. The Labute approximate surface area is 105 Å². The fourth-order valence-corrected chi connectivity index (χ4v) is 1.50. The van der Waals surface area contributed by atoms with Gasteiger partial charge in [0.2, 0.25) is 5.78 Å². The highest BCUT2D eigenvalue weighted by Crippen LogP contribution is 2.02. The van der Waals surface area contributed by atoms with Gasteiger partial charge in [-0.25, -0.2) is 4.39 Å². The molecule has 2 aromatic rings. The SMILES string of the molecule is O=C(C#Cc1ccc(F)cc1)Cc1ccccc1. The van der Waals surface area contributed by atoms with Gasteiger partial charge in [0.15, 0.2) is 0 Å². The van der Waals surface area contributed by atoms with Crippen LogP contribution in [0, 0.1) is 17.7 Å². The minimum atomic E-state index is -0.309. The summed E-state index contributed by atoms with van der Waals surface area (Å²) in [6.07, 6.45) is 0.301. The molecule has 0 bridgehead atoms. The van der Waals surface area contributed by atoms with Gasteiger partial charge >= 0.3 is 0 Å². The summed E-state index contributed by atoms with van der Waals surface area (Å²) in [6, 6.07) is 15.2. The van der Waals surface area contributed by atoms with Crippen LogP contribution in [0.15, 0.2) is 54.6 Å². The van der Waals surface area contributed by atoms with Crippen LogP contribution in [0.4, 0.5) is 4.39 Å². The number of ketones is 1. The van der Waals surface area contributed by atoms with E-state index in [0.29, 0.717) is 12.0 Å². The first kappa shape index (κ1) is 12.1. The van der Waals surface area contributed by atoms with Crippen LogP contribution in [0.2, 0.25) is 0 Å². The lowest BCUT2D eigenvalue weighted by molar-refractivity contribution is -0.113. The van der Waals surface area contributed by atoms with Gasteiger partial charge in [0.1, 0.15) is 5.82 Å². The molecule has 0 saturated heterocycles. The van der Waals surface area contributed by atoms with Crippen LogP contribution in [0.3, 0.4) is 0 Å². The largest absolute Gasteiger partial charge is 0.285 e. The van der Waals surface area contributed by atoms with Gasteiger partial charge < -0.3 is 0 Å². The van der Waals surface area contributed by atoms with Crippen molar-refractivity contribution in [1.29, 1.82) is 0 Å². The molecule has 0 aliphatic carbocycles. The molecule has 0 atom stereocenters. The molecular weight excluding hydrogens is 227 g/mol. The van der Waals surface area contributed by atoms with Crippen LogP contribution in [-0.4, -0.2) is 5.78 Å². The number of hydrogen-bond donors (Lipinski definition) is 0. The second-order valence-corrected chi connectivity index (χ2v) is 3.84. The van der Waals surface area contributed by atoms with Crippen LogP contribution in [0.25, 0.3) is 0 Å². The first-order valence-corrected chi connectivity index (χ1v) is 5.58. The summed E-state index contributed by atoms with van der Waals surface area (Å²) < 4.78 is 12.7. The highest BCUT2D eigenvalue weighted by atomic mass is 19.1. The molecule has 0 aliphatic heterocycles. The molecular formula is C16H11FO. The van der Waals surface area contributed by atoms with Crippen molar-refractivity contribution in [3.8, 4) is 11.8 Å². The van der Waals surface area contributed by atoms with Crippen LogP contribution in [0.5, 0.6) is 0 Å². The molecule has 0 fully saturated rings. The average molecular weight is 238 g/mol. The first-order valence-electron chi connectivity index (χ1n) is 5.58. The topological polar surface area (TPSA) is 17.1 Å². The van der Waals surface area contributed by atoms with Crippen LogP contribution >= 0.6 is 0 Å². The lowest BCUT2D eigenvalue weighted by Gasteiger charge is -1.94. The van der Waals surface area contributed by atoms with Gasteiger partial charge in [-0.2, -0.15) is 0 Å². The molecule has 2 heteroatoms. The van der Waals surface area contributed by atoms with Gasteiger partial charge in [-0.1, -0.05) is 36.3 Å². The van der Waals surface area contributed by atoms with Crippen molar-refractivity contribution in [3.05, 3.63) is 71.5 Å². The second kappa shape index (κ2) is 5.79. The summed E-state index contributed by atoms with van der Waals surface area (Å²) in [5, 5.41) is 0. The molecule has 18 heavy (non-hydrogen) atoms. The normalized spacial score (nSPS) is 9.39. The molecule has 2 aromatic carbocycles. The molecule has 0 radical (unpaired) electrons. The van der Waals surface area contributed by atoms with Gasteiger partial charge in [-0.15, -0.1) is 0 Å². The Morgan fingerprint density at radius 2 is 1.67 bits per heavy atom. The summed E-state index contributed by atoms with van der Waals surface area (Å²) in [7, 11) is 0. The van der Waals surface area contributed by atoms with Crippen molar-refractivity contribution in [2.24, 2.45) is 0 Å². The Kier molecular flexibility index (Phi) is 3.88. The molecule has 2 rings (SSSR count). The zero-order chi connectivity index (χ0) is 12.8. The zero-order valence-corrected chi connectivity index (χ0v) is 9.69. The average Bonchev–Trinajstić information content (AvgIpc) is 2.39. The number of Topliss-reactive ketones (excluding diaryl/α,β-unsaturated/α-hetero) is 1. The van der Waals surface area contributed by atoms with Gasteiger partial charge in [0.25, 0.3) is 0 Å². The van der Waals surface area contributed by atoms with E-state index in [2.05, 4.69) is 11.8 Å². The quantitative estimate of drug-likeness (QED) is 0.735. The Bertz CT molecular complexity index is 588. The van der Waals surface area contributed by atoms with Crippen LogP contribution in [0.1, 0.15) is 11.1 Å². The van der Waals surface area contributed by atoms with E-state index in [1.165, 1.54) is 12.1 Å². The van der Waals surface area contributed by atoms with E-state index in [0.717, 1.165) is 5.56 Å². The maximum Gasteiger partial charge on any atom is 0.210 e. The number of carbonyl (C=O) groups excluding carboxylic acids is 1. The Hall–Kier alpha value is -2.40. The minimum absolute atomic E-state index is 0.148. The fourth-order valence-electron chi connectivity index (χ4n) is 1.50. The minimum Gasteiger partial charge on any atom is -0.285 e. The summed E-state index contributed by atoms with van der Waals surface area (Å²) in [5.74, 6) is 4.82. The second-order valence-electron chi connectivity index (χ2n) is 3.84. The molecule has 0 aliphatic rings. The van der Waals surface area contributed by atoms with Gasteiger partial charge in [0.05, 0.1) is 0 Å². The van der Waals surface area contributed by atoms with Crippen molar-refractivity contribution in [2.45, 2.75) is 6.42 Å². The van der Waals surface area contributed by atoms with Crippen molar-refractivity contribution in [3.63, 3.8) is 0 Å². The fraction of sp³-hybridized carbons (Fsp3) is 0.0625. The molecule has 0 amide bonds. The number of halogens is 1. The predicted octanol–water partition coefficient (Wildman–Crippen LogP) is 2.99. The van der Waals surface area contributed by atoms with Crippen LogP contribution in [-0.2, 0) is 11.2 Å². The molecule has 0 spiro atoms. The van der Waals surface area contributed by atoms with Crippen molar-refractivity contribution in [1.82, 2.24) is 0 Å². The summed E-state index contributed by atoms with van der Waals surface area (Å²) in [4.78, 5) is 11.6. The molecule has 0 saturated carbocycles. The van der Waals surface area contributed by atoms with E-state index in [1.807, 2.05) is 30.3 Å².